The van der Waals surface area contributed by atoms with Crippen LogP contribution in [-0.4, -0.2) is 13.5 Å². The van der Waals surface area contributed by atoms with Gasteiger partial charge >= 0.3 is 0 Å². The highest BCUT2D eigenvalue weighted by Crippen LogP contribution is 2.28. The average Bonchev–Trinajstić information content (AvgIpc) is 2.37. The number of hydrogen-bond acceptors (Lipinski definition) is 3. The highest BCUT2D eigenvalue weighted by atomic mass is 35.5. The molecule has 0 spiro atoms. The number of halogens is 3. The van der Waals surface area contributed by atoms with Crippen LogP contribution in [0.4, 0.5) is 5.69 Å². The van der Waals surface area contributed by atoms with Crippen LogP contribution in [0.15, 0.2) is 41.3 Å². The fourth-order valence-corrected chi connectivity index (χ4v) is 3.79. The Hall–Kier alpha value is -0.980. The highest BCUT2D eigenvalue weighted by Gasteiger charge is 2.19. The summed E-state index contributed by atoms with van der Waals surface area (Å²) in [4.78, 5) is -0.133. The smallest absolute Gasteiger partial charge is 0.263 e. The maximum Gasteiger partial charge on any atom is 0.263 e. The molecular weight excluding hydrogens is 357 g/mol. The second kappa shape index (κ2) is 6.42. The number of sulfonamides is 1. The molecule has 0 atom stereocenters. The molecule has 2 rings (SSSR count). The lowest BCUT2D eigenvalue weighted by molar-refractivity contribution is 0.281. The van der Waals surface area contributed by atoms with E-state index in [2.05, 4.69) is 4.72 Å². The van der Waals surface area contributed by atoms with Gasteiger partial charge in [0.25, 0.3) is 10.0 Å². The van der Waals surface area contributed by atoms with Gasteiger partial charge in [0.2, 0.25) is 0 Å². The van der Waals surface area contributed by atoms with Crippen molar-refractivity contribution in [2.24, 2.45) is 0 Å². The topological polar surface area (TPSA) is 66.4 Å². The summed E-state index contributed by atoms with van der Waals surface area (Å²) in [6, 6.07) is 8.59. The summed E-state index contributed by atoms with van der Waals surface area (Å²) < 4.78 is 27.0. The first-order valence-electron chi connectivity index (χ1n) is 5.70. The minimum Gasteiger partial charge on any atom is -0.392 e. The van der Waals surface area contributed by atoms with Crippen LogP contribution in [0.25, 0.3) is 0 Å². The van der Waals surface area contributed by atoms with Crippen molar-refractivity contribution in [1.29, 1.82) is 0 Å². The number of hydrogen-bond donors (Lipinski definition) is 2. The van der Waals surface area contributed by atoms with Gasteiger partial charge in [-0.3, -0.25) is 4.72 Å². The van der Waals surface area contributed by atoms with E-state index in [-0.39, 0.29) is 22.2 Å². The normalized spacial score (nSPS) is 11.4. The lowest BCUT2D eigenvalue weighted by Gasteiger charge is -2.11. The largest absolute Gasteiger partial charge is 0.392 e. The Morgan fingerprint density at radius 1 is 1.00 bits per heavy atom. The van der Waals surface area contributed by atoms with Gasteiger partial charge in [0.15, 0.2) is 0 Å². The molecule has 21 heavy (non-hydrogen) atoms. The molecule has 0 aliphatic rings. The molecular formula is C13H10Cl3NO3S. The molecule has 2 aromatic carbocycles. The molecule has 112 valence electrons. The van der Waals surface area contributed by atoms with Gasteiger partial charge in [0, 0.05) is 10.0 Å². The van der Waals surface area contributed by atoms with Gasteiger partial charge < -0.3 is 5.11 Å². The number of aliphatic hydroxyl groups is 1. The zero-order valence-electron chi connectivity index (χ0n) is 10.5. The highest BCUT2D eigenvalue weighted by molar-refractivity contribution is 7.92. The van der Waals surface area contributed by atoms with E-state index in [1.165, 1.54) is 36.4 Å². The predicted molar refractivity (Wildman–Crippen MR) is 84.6 cm³/mol. The van der Waals surface area contributed by atoms with E-state index in [0.717, 1.165) is 0 Å². The molecule has 0 bridgehead atoms. The molecule has 0 aliphatic heterocycles. The predicted octanol–water partition coefficient (Wildman–Crippen LogP) is 3.94. The third-order valence-electron chi connectivity index (χ3n) is 2.58. The minimum atomic E-state index is -3.92. The van der Waals surface area contributed by atoms with Crippen molar-refractivity contribution in [2.75, 3.05) is 4.72 Å². The van der Waals surface area contributed by atoms with E-state index < -0.39 is 10.0 Å². The third kappa shape index (κ3) is 4.02. The number of anilines is 1. The monoisotopic (exact) mass is 365 g/mol. The van der Waals surface area contributed by atoms with Gasteiger partial charge in [0.05, 0.1) is 17.3 Å². The van der Waals surface area contributed by atoms with E-state index in [9.17, 15) is 8.42 Å². The summed E-state index contributed by atoms with van der Waals surface area (Å²) >= 11 is 17.6. The van der Waals surface area contributed by atoms with Crippen LogP contribution in [-0.2, 0) is 16.6 Å². The first kappa shape index (κ1) is 16.4. The van der Waals surface area contributed by atoms with Crippen LogP contribution in [0.3, 0.4) is 0 Å². The van der Waals surface area contributed by atoms with Gasteiger partial charge in [-0.25, -0.2) is 8.42 Å². The maximum absolute atomic E-state index is 12.3. The zero-order chi connectivity index (χ0) is 15.6. The fourth-order valence-electron chi connectivity index (χ4n) is 1.67. The van der Waals surface area contributed by atoms with E-state index in [4.69, 9.17) is 39.9 Å². The van der Waals surface area contributed by atoms with Crippen molar-refractivity contribution in [3.63, 3.8) is 0 Å². The second-order valence-corrected chi connectivity index (χ2v) is 7.12. The summed E-state index contributed by atoms with van der Waals surface area (Å²) in [5.74, 6) is 0. The lowest BCUT2D eigenvalue weighted by Crippen LogP contribution is -2.14. The Bertz CT molecular complexity index is 758. The van der Waals surface area contributed by atoms with Gasteiger partial charge in [-0.05, 0) is 35.9 Å². The van der Waals surface area contributed by atoms with Crippen molar-refractivity contribution in [3.05, 3.63) is 57.0 Å². The zero-order valence-corrected chi connectivity index (χ0v) is 13.6. The van der Waals surface area contributed by atoms with Crippen LogP contribution < -0.4 is 4.72 Å². The summed E-state index contributed by atoms with van der Waals surface area (Å²) in [6.07, 6.45) is 0. The Labute approximate surface area is 137 Å². The standard InChI is InChI=1S/C13H10Cl3NO3S/c14-9-4-10(15)6-11(5-9)17-21(19,20)13-3-8(7-18)1-2-12(13)16/h1-6,17-18H,7H2. The van der Waals surface area contributed by atoms with Crippen LogP contribution >= 0.6 is 34.8 Å². The lowest BCUT2D eigenvalue weighted by atomic mass is 10.2. The molecule has 0 amide bonds. The summed E-state index contributed by atoms with van der Waals surface area (Å²) in [5.41, 5.74) is 0.655. The van der Waals surface area contributed by atoms with Crippen molar-refractivity contribution in [3.8, 4) is 0 Å². The SMILES string of the molecule is O=S(=O)(Nc1cc(Cl)cc(Cl)c1)c1cc(CO)ccc1Cl. The molecule has 0 radical (unpaired) electrons. The maximum atomic E-state index is 12.3. The number of benzene rings is 2. The molecule has 2 aromatic rings. The molecule has 0 aliphatic carbocycles. The Morgan fingerprint density at radius 3 is 2.19 bits per heavy atom. The van der Waals surface area contributed by atoms with Crippen molar-refractivity contribution >= 4 is 50.5 Å². The van der Waals surface area contributed by atoms with Gasteiger partial charge in [0.1, 0.15) is 4.90 Å². The van der Waals surface area contributed by atoms with Crippen LogP contribution in [0.2, 0.25) is 15.1 Å². The van der Waals surface area contributed by atoms with Crippen LogP contribution in [0.1, 0.15) is 5.56 Å². The molecule has 0 saturated carbocycles. The Balaban J connectivity index is 2.42. The minimum absolute atomic E-state index is 0.0489. The average molecular weight is 367 g/mol. The molecule has 4 nitrogen and oxygen atoms in total. The molecule has 0 saturated heterocycles. The van der Waals surface area contributed by atoms with E-state index in [0.29, 0.717) is 15.6 Å². The molecule has 2 N–H and O–H groups in total. The van der Waals surface area contributed by atoms with E-state index in [1.54, 1.807) is 0 Å². The fraction of sp³-hybridized carbons (Fsp3) is 0.0769. The number of nitrogens with one attached hydrogen (secondary N) is 1. The van der Waals surface area contributed by atoms with Crippen LogP contribution in [0.5, 0.6) is 0 Å². The van der Waals surface area contributed by atoms with E-state index in [1.807, 2.05) is 0 Å². The third-order valence-corrected chi connectivity index (χ3v) is 4.88. The number of rotatable bonds is 4. The first-order chi connectivity index (χ1) is 9.81. The van der Waals surface area contributed by atoms with Gasteiger partial charge in [-0.2, -0.15) is 0 Å². The Kier molecular flexibility index (Phi) is 5.01. The number of aliphatic hydroxyl groups excluding tert-OH is 1. The van der Waals surface area contributed by atoms with Crippen molar-refractivity contribution < 1.29 is 13.5 Å². The molecule has 8 heteroatoms. The molecule has 0 fully saturated rings. The molecule has 0 aromatic heterocycles. The van der Waals surface area contributed by atoms with Crippen molar-refractivity contribution in [1.82, 2.24) is 0 Å². The van der Waals surface area contributed by atoms with Gasteiger partial charge in [-0.1, -0.05) is 40.9 Å². The van der Waals surface area contributed by atoms with Crippen LogP contribution in [0, 0.1) is 0 Å². The van der Waals surface area contributed by atoms with Crippen molar-refractivity contribution in [2.45, 2.75) is 11.5 Å². The molecule has 0 heterocycles. The molecule has 0 unspecified atom stereocenters. The first-order valence-corrected chi connectivity index (χ1v) is 8.32. The Morgan fingerprint density at radius 2 is 1.62 bits per heavy atom. The summed E-state index contributed by atoms with van der Waals surface area (Å²) in [7, 11) is -3.92. The quantitative estimate of drug-likeness (QED) is 0.861. The summed E-state index contributed by atoms with van der Waals surface area (Å²) in [5, 5.41) is 9.74. The van der Waals surface area contributed by atoms with E-state index >= 15 is 0 Å². The second-order valence-electron chi connectivity index (χ2n) is 4.19. The summed E-state index contributed by atoms with van der Waals surface area (Å²) in [6.45, 7) is -0.289. The van der Waals surface area contributed by atoms with Gasteiger partial charge in [-0.15, -0.1) is 0 Å².